The zero-order valence-electron chi connectivity index (χ0n) is 23.3. The molecule has 1 aliphatic rings. The summed E-state index contributed by atoms with van der Waals surface area (Å²) in [6, 6.07) is 10.7. The number of carbonyl (C=O) groups is 1. The average Bonchev–Trinajstić information content (AvgIpc) is 3.71. The van der Waals surface area contributed by atoms with Crippen LogP contribution >= 0.6 is 23.2 Å². The van der Waals surface area contributed by atoms with Crippen LogP contribution in [0.15, 0.2) is 36.4 Å². The predicted octanol–water partition coefficient (Wildman–Crippen LogP) is 5.16. The van der Waals surface area contributed by atoms with Gasteiger partial charge in [0, 0.05) is 42.8 Å². The standard InChI is InChI=1S/C30H42Cl2N2O5/c1-19(2)21(14-20-6-9-27(38-4)28(15-20)39-13-5-12-37-3)16-25(33)26(35)18-34-29(36)30(10-11-30)23-8-7-22(31)17-24(23)32/h6-9,15,17,19,21,25-26,35H,5,10-14,16,18,33H2,1-4H3,(H,34,36)/t21-,25-,26-/m0/s1. The Hall–Kier alpha value is -2.03. The molecule has 7 nitrogen and oxygen atoms in total. The second-order valence-corrected chi connectivity index (χ2v) is 11.6. The molecule has 0 aromatic heterocycles. The SMILES string of the molecule is COCCCOc1cc(C[C@@H](C[C@H](N)[C@@H](O)CNC(=O)C2(c3ccc(Cl)cc3Cl)CC2)C(C)C)ccc1OC. The van der Waals surface area contributed by atoms with Crippen molar-refractivity contribution < 1.29 is 24.1 Å². The molecule has 0 saturated heterocycles. The van der Waals surface area contributed by atoms with E-state index in [9.17, 15) is 9.90 Å². The number of methoxy groups -OCH3 is 2. The Balaban J connectivity index is 1.57. The van der Waals surface area contributed by atoms with Crippen LogP contribution in [0.4, 0.5) is 0 Å². The van der Waals surface area contributed by atoms with Gasteiger partial charge in [0.05, 0.1) is 25.2 Å². The maximum Gasteiger partial charge on any atom is 0.230 e. The van der Waals surface area contributed by atoms with Crippen LogP contribution in [0.2, 0.25) is 10.0 Å². The number of rotatable bonds is 16. The molecular formula is C30H42Cl2N2O5. The van der Waals surface area contributed by atoms with Gasteiger partial charge in [-0.2, -0.15) is 0 Å². The van der Waals surface area contributed by atoms with E-state index in [0.717, 1.165) is 24.0 Å². The summed E-state index contributed by atoms with van der Waals surface area (Å²) < 4.78 is 16.5. The molecular weight excluding hydrogens is 539 g/mol. The monoisotopic (exact) mass is 580 g/mol. The van der Waals surface area contributed by atoms with Crippen LogP contribution in [0.25, 0.3) is 0 Å². The molecule has 1 fully saturated rings. The van der Waals surface area contributed by atoms with Crippen molar-refractivity contribution in [2.45, 2.75) is 63.5 Å². The van der Waals surface area contributed by atoms with Crippen molar-refractivity contribution in [2.75, 3.05) is 34.0 Å². The molecule has 0 bridgehead atoms. The highest BCUT2D eigenvalue weighted by Gasteiger charge is 2.52. The number of benzene rings is 2. The van der Waals surface area contributed by atoms with Gasteiger partial charge < -0.3 is 30.4 Å². The molecule has 4 N–H and O–H groups in total. The number of hydrogen-bond acceptors (Lipinski definition) is 6. The predicted molar refractivity (Wildman–Crippen MR) is 156 cm³/mol. The molecule has 1 saturated carbocycles. The third-order valence-electron chi connectivity index (χ3n) is 7.59. The molecule has 1 aliphatic carbocycles. The van der Waals surface area contributed by atoms with E-state index in [0.29, 0.717) is 59.9 Å². The number of carbonyl (C=O) groups excluding carboxylic acids is 1. The van der Waals surface area contributed by atoms with Gasteiger partial charge in [0.2, 0.25) is 5.91 Å². The zero-order chi connectivity index (χ0) is 28.6. The second kappa shape index (κ2) is 14.6. The fourth-order valence-corrected chi connectivity index (χ4v) is 5.48. The minimum Gasteiger partial charge on any atom is -0.493 e. The Morgan fingerprint density at radius 1 is 1.10 bits per heavy atom. The van der Waals surface area contributed by atoms with Crippen LogP contribution in [0.5, 0.6) is 11.5 Å². The number of halogens is 2. The number of hydrogen-bond donors (Lipinski definition) is 3. The molecule has 0 spiro atoms. The maximum atomic E-state index is 13.1. The highest BCUT2D eigenvalue weighted by atomic mass is 35.5. The summed E-state index contributed by atoms with van der Waals surface area (Å²) in [5.74, 6) is 1.81. The van der Waals surface area contributed by atoms with E-state index in [2.05, 4.69) is 19.2 Å². The van der Waals surface area contributed by atoms with E-state index < -0.39 is 17.6 Å². The average molecular weight is 582 g/mol. The molecule has 3 atom stereocenters. The summed E-state index contributed by atoms with van der Waals surface area (Å²) >= 11 is 12.4. The molecule has 39 heavy (non-hydrogen) atoms. The molecule has 0 heterocycles. The molecule has 0 aliphatic heterocycles. The van der Waals surface area contributed by atoms with Gasteiger partial charge in [-0.3, -0.25) is 4.79 Å². The zero-order valence-corrected chi connectivity index (χ0v) is 24.9. The van der Waals surface area contributed by atoms with Crippen molar-refractivity contribution in [1.29, 1.82) is 0 Å². The lowest BCUT2D eigenvalue weighted by Crippen LogP contribution is -2.47. The van der Waals surface area contributed by atoms with Crippen molar-refractivity contribution in [3.8, 4) is 11.5 Å². The summed E-state index contributed by atoms with van der Waals surface area (Å²) in [6.07, 6.45) is 2.72. The smallest absolute Gasteiger partial charge is 0.230 e. The first kappa shape index (κ1) is 31.5. The third kappa shape index (κ3) is 8.48. The number of amides is 1. The highest BCUT2D eigenvalue weighted by Crippen LogP contribution is 2.51. The molecule has 1 amide bonds. The lowest BCUT2D eigenvalue weighted by Gasteiger charge is -2.28. The minimum absolute atomic E-state index is 0.0831. The Labute approximate surface area is 242 Å². The van der Waals surface area contributed by atoms with Gasteiger partial charge >= 0.3 is 0 Å². The van der Waals surface area contributed by atoms with E-state index in [1.165, 1.54) is 0 Å². The fourth-order valence-electron chi connectivity index (χ4n) is 4.89. The maximum absolute atomic E-state index is 13.1. The van der Waals surface area contributed by atoms with Gasteiger partial charge in [0.25, 0.3) is 0 Å². The van der Waals surface area contributed by atoms with Crippen LogP contribution < -0.4 is 20.5 Å². The van der Waals surface area contributed by atoms with E-state index in [4.69, 9.17) is 43.1 Å². The first-order valence-electron chi connectivity index (χ1n) is 13.6. The van der Waals surface area contributed by atoms with E-state index in [1.54, 1.807) is 26.4 Å². The van der Waals surface area contributed by atoms with Gasteiger partial charge in [-0.25, -0.2) is 0 Å². The molecule has 2 aromatic carbocycles. The van der Waals surface area contributed by atoms with E-state index >= 15 is 0 Å². The van der Waals surface area contributed by atoms with Gasteiger partial charge in [-0.1, -0.05) is 49.2 Å². The Morgan fingerprint density at radius 3 is 2.46 bits per heavy atom. The van der Waals surface area contributed by atoms with Crippen molar-refractivity contribution in [1.82, 2.24) is 5.32 Å². The summed E-state index contributed by atoms with van der Waals surface area (Å²) in [5.41, 5.74) is 7.67. The fraction of sp³-hybridized carbons (Fsp3) is 0.567. The largest absolute Gasteiger partial charge is 0.493 e. The first-order chi connectivity index (χ1) is 18.6. The quantitative estimate of drug-likeness (QED) is 0.237. The minimum atomic E-state index is -0.873. The van der Waals surface area contributed by atoms with Crippen LogP contribution in [-0.4, -0.2) is 57.1 Å². The lowest BCUT2D eigenvalue weighted by atomic mass is 9.83. The van der Waals surface area contributed by atoms with Crippen molar-refractivity contribution in [2.24, 2.45) is 17.6 Å². The summed E-state index contributed by atoms with van der Waals surface area (Å²) in [7, 11) is 3.30. The molecule has 2 aromatic rings. The lowest BCUT2D eigenvalue weighted by molar-refractivity contribution is -0.124. The molecule has 216 valence electrons. The summed E-state index contributed by atoms with van der Waals surface area (Å²) in [5, 5.41) is 14.8. The van der Waals surface area contributed by atoms with Gasteiger partial charge in [0.15, 0.2) is 11.5 Å². The van der Waals surface area contributed by atoms with Crippen LogP contribution in [0, 0.1) is 11.8 Å². The number of nitrogens with two attached hydrogens (primary N) is 1. The van der Waals surface area contributed by atoms with Gasteiger partial charge in [-0.05, 0) is 72.9 Å². The van der Waals surface area contributed by atoms with E-state index in [-0.39, 0.29) is 18.4 Å². The Morgan fingerprint density at radius 2 is 1.85 bits per heavy atom. The topological polar surface area (TPSA) is 103 Å². The van der Waals surface area contributed by atoms with Gasteiger partial charge in [-0.15, -0.1) is 0 Å². The molecule has 3 rings (SSSR count). The number of aliphatic hydroxyl groups is 1. The van der Waals surface area contributed by atoms with Crippen molar-refractivity contribution in [3.63, 3.8) is 0 Å². The normalized spacial score (nSPS) is 16.4. The summed E-state index contributed by atoms with van der Waals surface area (Å²) in [4.78, 5) is 13.1. The van der Waals surface area contributed by atoms with Crippen molar-refractivity contribution in [3.05, 3.63) is 57.6 Å². The van der Waals surface area contributed by atoms with Crippen molar-refractivity contribution >= 4 is 29.1 Å². The first-order valence-corrected chi connectivity index (χ1v) is 14.3. The molecule has 0 unspecified atom stereocenters. The number of nitrogens with one attached hydrogen (secondary N) is 1. The summed E-state index contributed by atoms with van der Waals surface area (Å²) in [6.45, 7) is 5.57. The number of ether oxygens (including phenoxy) is 3. The van der Waals surface area contributed by atoms with Crippen LogP contribution in [0.3, 0.4) is 0 Å². The highest BCUT2D eigenvalue weighted by molar-refractivity contribution is 6.35. The van der Waals surface area contributed by atoms with Gasteiger partial charge in [0.1, 0.15) is 0 Å². The van der Waals surface area contributed by atoms with Crippen LogP contribution in [-0.2, 0) is 21.4 Å². The number of aliphatic hydroxyl groups excluding tert-OH is 1. The molecule has 0 radical (unpaired) electrons. The Bertz CT molecular complexity index is 1090. The molecule has 9 heteroatoms. The van der Waals surface area contributed by atoms with Crippen LogP contribution in [0.1, 0.15) is 50.7 Å². The van der Waals surface area contributed by atoms with E-state index in [1.807, 2.05) is 24.3 Å². The Kier molecular flexibility index (Phi) is 11.8. The third-order valence-corrected chi connectivity index (χ3v) is 8.14. The second-order valence-electron chi connectivity index (χ2n) is 10.8.